The van der Waals surface area contributed by atoms with Crippen molar-refractivity contribution in [1.82, 2.24) is 4.90 Å². The van der Waals surface area contributed by atoms with Crippen LogP contribution < -0.4 is 4.74 Å². The number of methoxy groups -OCH3 is 1. The van der Waals surface area contributed by atoms with Crippen LogP contribution in [-0.2, 0) is 15.1 Å². The summed E-state index contributed by atoms with van der Waals surface area (Å²) in [5.41, 5.74) is -1.02. The molecule has 98 valence electrons. The standard InChI is InChI=1S/C13H17NO4/c1-9(15)14(3)13(2,12(16)17)10-7-5-6-8-11(10)18-4/h5-8H,1-4H3,(H,16,17). The molecule has 0 saturated heterocycles. The van der Waals surface area contributed by atoms with Crippen molar-refractivity contribution in [2.45, 2.75) is 19.4 Å². The van der Waals surface area contributed by atoms with Gasteiger partial charge in [-0.1, -0.05) is 18.2 Å². The molecule has 0 aliphatic carbocycles. The van der Waals surface area contributed by atoms with Gasteiger partial charge in [0, 0.05) is 19.5 Å². The van der Waals surface area contributed by atoms with Gasteiger partial charge in [-0.2, -0.15) is 0 Å². The molecule has 1 amide bonds. The highest BCUT2D eigenvalue weighted by molar-refractivity contribution is 5.87. The smallest absolute Gasteiger partial charge is 0.334 e. The van der Waals surface area contributed by atoms with Gasteiger partial charge < -0.3 is 14.7 Å². The second kappa shape index (κ2) is 5.08. The SMILES string of the molecule is COc1ccccc1C(C)(C(=O)O)N(C)C(C)=O. The Balaban J connectivity index is 3.45. The first-order valence-electron chi connectivity index (χ1n) is 5.47. The molecule has 0 radical (unpaired) electrons. The number of nitrogens with zero attached hydrogens (tertiary/aromatic N) is 1. The summed E-state index contributed by atoms with van der Waals surface area (Å²) in [5, 5.41) is 9.48. The lowest BCUT2D eigenvalue weighted by Gasteiger charge is -2.35. The largest absolute Gasteiger partial charge is 0.496 e. The fraction of sp³-hybridized carbons (Fsp3) is 0.385. The van der Waals surface area contributed by atoms with Crippen LogP contribution in [0.15, 0.2) is 24.3 Å². The molecule has 1 unspecified atom stereocenters. The number of para-hydroxylation sites is 1. The van der Waals surface area contributed by atoms with Crippen LogP contribution in [0.2, 0.25) is 0 Å². The molecular formula is C13H17NO4. The number of hydrogen-bond donors (Lipinski definition) is 1. The van der Waals surface area contributed by atoms with Gasteiger partial charge in [-0.3, -0.25) is 4.79 Å². The summed E-state index contributed by atoms with van der Waals surface area (Å²) < 4.78 is 5.17. The molecule has 1 atom stereocenters. The lowest BCUT2D eigenvalue weighted by Crippen LogP contribution is -2.50. The number of likely N-dealkylation sites (N-methyl/N-ethyl adjacent to an activating group) is 1. The molecule has 0 heterocycles. The molecule has 0 aliphatic heterocycles. The third-order valence-corrected chi connectivity index (χ3v) is 3.19. The van der Waals surface area contributed by atoms with Crippen LogP contribution in [0.1, 0.15) is 19.4 Å². The molecule has 0 bridgehead atoms. The third kappa shape index (κ3) is 2.16. The van der Waals surface area contributed by atoms with Crippen LogP contribution in [0, 0.1) is 0 Å². The first-order chi connectivity index (χ1) is 8.35. The van der Waals surface area contributed by atoms with Gasteiger partial charge in [-0.05, 0) is 13.0 Å². The van der Waals surface area contributed by atoms with E-state index < -0.39 is 11.5 Å². The number of hydrogen-bond acceptors (Lipinski definition) is 3. The molecule has 5 heteroatoms. The van der Waals surface area contributed by atoms with Crippen molar-refractivity contribution >= 4 is 11.9 Å². The predicted octanol–water partition coefficient (Wildman–Crippen LogP) is 1.47. The number of aliphatic carboxylic acids is 1. The van der Waals surface area contributed by atoms with E-state index in [-0.39, 0.29) is 5.91 Å². The molecule has 0 saturated carbocycles. The van der Waals surface area contributed by atoms with E-state index in [4.69, 9.17) is 4.74 Å². The lowest BCUT2D eigenvalue weighted by molar-refractivity contribution is -0.156. The fourth-order valence-electron chi connectivity index (χ4n) is 1.80. The third-order valence-electron chi connectivity index (χ3n) is 3.19. The van der Waals surface area contributed by atoms with Crippen molar-refractivity contribution in [2.24, 2.45) is 0 Å². The van der Waals surface area contributed by atoms with Crippen molar-refractivity contribution in [2.75, 3.05) is 14.2 Å². The maximum Gasteiger partial charge on any atom is 0.334 e. The van der Waals surface area contributed by atoms with E-state index in [1.54, 1.807) is 24.3 Å². The number of rotatable bonds is 4. The van der Waals surface area contributed by atoms with Crippen molar-refractivity contribution in [3.05, 3.63) is 29.8 Å². The summed E-state index contributed by atoms with van der Waals surface area (Å²) in [6.45, 7) is 2.81. The van der Waals surface area contributed by atoms with Crippen LogP contribution in [0.3, 0.4) is 0 Å². The highest BCUT2D eigenvalue weighted by atomic mass is 16.5. The Labute approximate surface area is 106 Å². The monoisotopic (exact) mass is 251 g/mol. The van der Waals surface area contributed by atoms with Crippen LogP contribution in [-0.4, -0.2) is 36.0 Å². The van der Waals surface area contributed by atoms with Crippen molar-refractivity contribution in [1.29, 1.82) is 0 Å². The van der Waals surface area contributed by atoms with Gasteiger partial charge in [-0.25, -0.2) is 4.79 Å². The number of benzene rings is 1. The second-order valence-corrected chi connectivity index (χ2v) is 4.16. The lowest BCUT2D eigenvalue weighted by atomic mass is 9.89. The number of carbonyl (C=O) groups is 2. The van der Waals surface area contributed by atoms with E-state index in [1.165, 1.54) is 32.9 Å². The van der Waals surface area contributed by atoms with E-state index in [0.717, 1.165) is 0 Å². The molecular weight excluding hydrogens is 234 g/mol. The summed E-state index contributed by atoms with van der Waals surface area (Å²) in [6.07, 6.45) is 0. The average molecular weight is 251 g/mol. The zero-order valence-electron chi connectivity index (χ0n) is 10.9. The number of amides is 1. The van der Waals surface area contributed by atoms with Crippen molar-refractivity contribution < 1.29 is 19.4 Å². The predicted molar refractivity (Wildman–Crippen MR) is 66.4 cm³/mol. The van der Waals surface area contributed by atoms with Gasteiger partial charge in [0.25, 0.3) is 0 Å². The van der Waals surface area contributed by atoms with Gasteiger partial charge in [0.2, 0.25) is 5.91 Å². The maximum atomic E-state index is 11.6. The quantitative estimate of drug-likeness (QED) is 0.880. The minimum Gasteiger partial charge on any atom is -0.496 e. The molecule has 1 N–H and O–H groups in total. The summed E-state index contributed by atoms with van der Waals surface area (Å²) >= 11 is 0. The van der Waals surface area contributed by atoms with E-state index >= 15 is 0 Å². The average Bonchev–Trinajstić information content (AvgIpc) is 2.36. The highest BCUT2D eigenvalue weighted by Crippen LogP contribution is 2.34. The molecule has 1 rings (SSSR count). The van der Waals surface area contributed by atoms with Crippen LogP contribution in [0.5, 0.6) is 5.75 Å². The molecule has 18 heavy (non-hydrogen) atoms. The molecule has 0 aliphatic rings. The summed E-state index contributed by atoms with van der Waals surface area (Å²) in [6, 6.07) is 6.78. The Morgan fingerprint density at radius 3 is 2.33 bits per heavy atom. The molecule has 1 aromatic rings. The molecule has 5 nitrogen and oxygen atoms in total. The number of carbonyl (C=O) groups excluding carboxylic acids is 1. The van der Waals surface area contributed by atoms with E-state index in [9.17, 15) is 14.7 Å². The minimum absolute atomic E-state index is 0.328. The number of ether oxygens (including phenoxy) is 1. The van der Waals surface area contributed by atoms with Crippen molar-refractivity contribution in [3.63, 3.8) is 0 Å². The topological polar surface area (TPSA) is 66.8 Å². The Morgan fingerprint density at radius 2 is 1.89 bits per heavy atom. The number of carboxylic acids is 1. The molecule has 0 aromatic heterocycles. The Morgan fingerprint density at radius 1 is 1.33 bits per heavy atom. The van der Waals surface area contributed by atoms with Crippen molar-refractivity contribution in [3.8, 4) is 5.75 Å². The summed E-state index contributed by atoms with van der Waals surface area (Å²) in [7, 11) is 2.93. The zero-order chi connectivity index (χ0) is 13.9. The second-order valence-electron chi connectivity index (χ2n) is 4.16. The van der Waals surface area contributed by atoms with Gasteiger partial charge in [0.1, 0.15) is 5.75 Å². The molecule has 0 spiro atoms. The van der Waals surface area contributed by atoms with Gasteiger partial charge in [0.15, 0.2) is 5.54 Å². The van der Waals surface area contributed by atoms with E-state index in [1.807, 2.05) is 0 Å². The van der Waals surface area contributed by atoms with Gasteiger partial charge in [-0.15, -0.1) is 0 Å². The van der Waals surface area contributed by atoms with Crippen LogP contribution in [0.4, 0.5) is 0 Å². The van der Waals surface area contributed by atoms with Crippen LogP contribution in [0.25, 0.3) is 0 Å². The Bertz CT molecular complexity index is 472. The molecule has 1 aromatic carbocycles. The summed E-state index contributed by atoms with van der Waals surface area (Å²) in [5.74, 6) is -0.994. The van der Waals surface area contributed by atoms with E-state index in [0.29, 0.717) is 11.3 Å². The van der Waals surface area contributed by atoms with Gasteiger partial charge >= 0.3 is 5.97 Å². The Kier molecular flexibility index (Phi) is 3.96. The summed E-state index contributed by atoms with van der Waals surface area (Å²) in [4.78, 5) is 24.3. The van der Waals surface area contributed by atoms with Gasteiger partial charge in [0.05, 0.1) is 7.11 Å². The molecule has 0 fully saturated rings. The number of carboxylic acid groups (broad SMARTS) is 1. The van der Waals surface area contributed by atoms with Crippen LogP contribution >= 0.6 is 0 Å². The normalized spacial score (nSPS) is 13.6. The maximum absolute atomic E-state index is 11.6. The minimum atomic E-state index is -1.46. The zero-order valence-corrected chi connectivity index (χ0v) is 10.9. The Hall–Kier alpha value is -2.04. The highest BCUT2D eigenvalue weighted by Gasteiger charge is 2.42. The first-order valence-corrected chi connectivity index (χ1v) is 5.47. The first kappa shape index (κ1) is 14.0. The fourth-order valence-corrected chi connectivity index (χ4v) is 1.80. The van der Waals surface area contributed by atoms with E-state index in [2.05, 4.69) is 0 Å².